The molecule has 1 aromatic carbocycles. The van der Waals surface area contributed by atoms with Crippen molar-refractivity contribution in [2.24, 2.45) is 11.1 Å². The minimum absolute atomic E-state index is 0.00820. The molecule has 4 atom stereocenters. The lowest BCUT2D eigenvalue weighted by Crippen LogP contribution is -2.68. The van der Waals surface area contributed by atoms with Crippen LogP contribution in [0.25, 0.3) is 0 Å². The van der Waals surface area contributed by atoms with Crippen molar-refractivity contribution in [3.05, 3.63) is 90.8 Å². The van der Waals surface area contributed by atoms with E-state index >= 15 is 0 Å². The normalized spacial score (nSPS) is 19.9. The number of quaternary nitrogens is 1. The Labute approximate surface area is 368 Å². The third kappa shape index (κ3) is 17.0. The number of allylic oxidation sites excluding steroid dienone is 1. The topological polar surface area (TPSA) is 172 Å². The predicted molar refractivity (Wildman–Crippen MR) is 249 cm³/mol. The molecule has 1 aromatic rings. The monoisotopic (exact) mass is 846 g/mol. The van der Waals surface area contributed by atoms with Gasteiger partial charge in [-0.25, -0.2) is 0 Å². The van der Waals surface area contributed by atoms with E-state index in [1.165, 1.54) is 18.9 Å². The molecule has 7 N–H and O–H groups in total. The highest BCUT2D eigenvalue weighted by molar-refractivity contribution is 6.38. The maximum absolute atomic E-state index is 14.1. The van der Waals surface area contributed by atoms with Gasteiger partial charge in [-0.3, -0.25) is 19.7 Å². The molecule has 2 amide bonds. The van der Waals surface area contributed by atoms with E-state index in [4.69, 9.17) is 23.8 Å². The van der Waals surface area contributed by atoms with E-state index in [1.54, 1.807) is 14.0 Å². The number of benzene rings is 1. The summed E-state index contributed by atoms with van der Waals surface area (Å²) in [6.07, 6.45) is 19.7. The van der Waals surface area contributed by atoms with Crippen LogP contribution in [-0.4, -0.2) is 88.1 Å². The van der Waals surface area contributed by atoms with Gasteiger partial charge in [-0.05, 0) is 95.9 Å². The van der Waals surface area contributed by atoms with Crippen molar-refractivity contribution in [1.29, 1.82) is 0 Å². The summed E-state index contributed by atoms with van der Waals surface area (Å²) >= 11 is 0. The summed E-state index contributed by atoms with van der Waals surface area (Å²) in [6.45, 7) is 27.0. The van der Waals surface area contributed by atoms with Crippen LogP contribution >= 0.6 is 0 Å². The van der Waals surface area contributed by atoms with E-state index in [0.29, 0.717) is 31.8 Å². The second kappa shape index (κ2) is 24.8. The van der Waals surface area contributed by atoms with Crippen molar-refractivity contribution >= 4 is 17.6 Å². The van der Waals surface area contributed by atoms with Gasteiger partial charge in [0, 0.05) is 31.8 Å². The van der Waals surface area contributed by atoms with Gasteiger partial charge in [0.1, 0.15) is 6.04 Å². The minimum atomic E-state index is -1.01. The van der Waals surface area contributed by atoms with E-state index < -0.39 is 29.3 Å². The Morgan fingerprint density at radius 3 is 2.13 bits per heavy atom. The first-order valence-corrected chi connectivity index (χ1v) is 22.1. The number of carbonyl (C=O) groups is 3. The van der Waals surface area contributed by atoms with E-state index in [0.717, 1.165) is 69.0 Å². The Morgan fingerprint density at radius 1 is 1.03 bits per heavy atom. The van der Waals surface area contributed by atoms with Crippen molar-refractivity contribution in [1.82, 2.24) is 26.2 Å². The van der Waals surface area contributed by atoms with Crippen LogP contribution in [-0.2, 0) is 20.9 Å². The maximum Gasteiger partial charge on any atom is 0.289 e. The first-order chi connectivity index (χ1) is 28.6. The van der Waals surface area contributed by atoms with Crippen molar-refractivity contribution in [2.75, 3.05) is 26.7 Å². The van der Waals surface area contributed by atoms with Crippen molar-refractivity contribution in [3.8, 4) is 12.3 Å². The lowest BCUT2D eigenvalue weighted by Gasteiger charge is -2.57. The van der Waals surface area contributed by atoms with Crippen LogP contribution in [0.3, 0.4) is 0 Å². The fourth-order valence-corrected chi connectivity index (χ4v) is 8.53. The summed E-state index contributed by atoms with van der Waals surface area (Å²) in [7, 11) is 1.81. The molecule has 1 heterocycles. The highest BCUT2D eigenvalue weighted by atomic mass is 16.5. The van der Waals surface area contributed by atoms with E-state index in [9.17, 15) is 19.6 Å². The number of Topliss-reactive ketones (excluding diaryl/α,β-unsaturated/α-hetero) is 1. The number of nitrogens with zero attached hydrogens (tertiary/aromatic N) is 2. The molecule has 0 radical (unpaired) electrons. The number of likely N-dealkylation sites (tertiary alicyclic amines) is 1. The molecule has 3 fully saturated rings. The van der Waals surface area contributed by atoms with Crippen LogP contribution in [0.4, 0.5) is 0 Å². The van der Waals surface area contributed by atoms with E-state index in [2.05, 4.69) is 58.7 Å². The summed E-state index contributed by atoms with van der Waals surface area (Å²) in [5.74, 6) is 0.767. The number of nitrogens with one attached hydrogen (secondary N) is 4. The van der Waals surface area contributed by atoms with Crippen LogP contribution < -0.4 is 27.0 Å². The number of terminal acetylenes is 1. The molecule has 4 rings (SSSR count). The molecule has 2 saturated carbocycles. The molecule has 12 heteroatoms. The highest BCUT2D eigenvalue weighted by Crippen LogP contribution is 2.45. The predicted octanol–water partition coefficient (Wildman–Crippen LogP) is 7.39. The quantitative estimate of drug-likeness (QED) is 0.0220. The number of amides is 2. The summed E-state index contributed by atoms with van der Waals surface area (Å²) in [4.78, 5) is 41.5. The zero-order valence-electron chi connectivity index (χ0n) is 38.4. The molecule has 340 valence electrons. The number of ketones is 1. The Kier molecular flexibility index (Phi) is 21.3. The zero-order chi connectivity index (χ0) is 45.9. The second-order valence-electron chi connectivity index (χ2n) is 18.7. The third-order valence-electron chi connectivity index (χ3n) is 12.4. The van der Waals surface area contributed by atoms with Gasteiger partial charge in [-0.15, -0.1) is 18.9 Å². The number of carbonyl (C=O) groups excluding carboxylic acids is 3. The average molecular weight is 846 g/mol. The summed E-state index contributed by atoms with van der Waals surface area (Å²) in [6, 6.07) is 8.20. The zero-order valence-corrected chi connectivity index (χ0v) is 38.4. The molecule has 12 nitrogen and oxygen atoms in total. The van der Waals surface area contributed by atoms with E-state index in [-0.39, 0.29) is 52.8 Å². The third-order valence-corrected chi connectivity index (χ3v) is 12.4. The van der Waals surface area contributed by atoms with Crippen LogP contribution in [0.1, 0.15) is 130 Å². The number of rotatable bonds is 18. The Bertz CT molecular complexity index is 1640. The fraction of sp³-hybridized carbons (Fsp3) is 0.612. The van der Waals surface area contributed by atoms with Gasteiger partial charge in [0.15, 0.2) is 5.88 Å². The number of hydrogen-bond donors (Lipinski definition) is 6. The molecule has 1 saturated heterocycles. The van der Waals surface area contributed by atoms with Crippen LogP contribution in [0.5, 0.6) is 0 Å². The molecule has 0 aromatic heterocycles. The number of nitrogens with two attached hydrogens (primary N) is 1. The minimum Gasteiger partial charge on any atom is -0.633 e. The Hall–Kier alpha value is -4.57. The molecule has 1 aliphatic heterocycles. The largest absolute Gasteiger partial charge is 0.633 e. The lowest BCUT2D eigenvalue weighted by molar-refractivity contribution is -0.911. The molecular formula is C49H79N7O5. The number of likely N-dealkylation sites (N-methyl/N-ethyl adjacent to an activating group) is 1. The Morgan fingerprint density at radius 2 is 1.61 bits per heavy atom. The average Bonchev–Trinajstić information content (AvgIpc) is 3.70. The van der Waals surface area contributed by atoms with Crippen molar-refractivity contribution < 1.29 is 24.1 Å². The van der Waals surface area contributed by atoms with Crippen molar-refractivity contribution in [3.63, 3.8) is 0 Å². The van der Waals surface area contributed by atoms with Crippen LogP contribution in [0.15, 0.2) is 80.0 Å². The molecule has 61 heavy (non-hydrogen) atoms. The van der Waals surface area contributed by atoms with Gasteiger partial charge in [-0.2, -0.15) is 0 Å². The molecular weight excluding hydrogens is 767 g/mol. The van der Waals surface area contributed by atoms with Gasteiger partial charge < -0.3 is 41.5 Å². The van der Waals surface area contributed by atoms with Gasteiger partial charge >= 0.3 is 0 Å². The number of aliphatic hydroxyl groups is 1. The first kappa shape index (κ1) is 52.6. The first-order valence-electron chi connectivity index (χ1n) is 22.1. The maximum atomic E-state index is 14.1. The summed E-state index contributed by atoms with van der Waals surface area (Å²) < 4.78 is -0.335. The van der Waals surface area contributed by atoms with Crippen molar-refractivity contribution in [2.45, 2.75) is 160 Å². The molecule has 2 aliphatic carbocycles. The molecule has 4 unspecified atom stereocenters. The molecule has 0 bridgehead atoms. The number of aliphatic hydroxyl groups excluding tert-OH is 1. The highest BCUT2D eigenvalue weighted by Gasteiger charge is 2.48. The summed E-state index contributed by atoms with van der Waals surface area (Å²) in [5, 5.41) is 35.0. The second-order valence-corrected chi connectivity index (χ2v) is 18.7. The fourth-order valence-electron chi connectivity index (χ4n) is 8.53. The lowest BCUT2D eigenvalue weighted by atomic mass is 9.68. The number of hydrogen-bond acceptors (Lipinski definition) is 9. The van der Waals surface area contributed by atoms with Gasteiger partial charge in [-0.1, -0.05) is 95.0 Å². The smallest absolute Gasteiger partial charge is 0.289 e. The molecule has 3 aliphatic rings. The van der Waals surface area contributed by atoms with Gasteiger partial charge in [0.25, 0.3) is 5.91 Å². The van der Waals surface area contributed by atoms with Crippen LogP contribution in [0, 0.1) is 23.0 Å². The van der Waals surface area contributed by atoms with Gasteiger partial charge in [0.05, 0.1) is 36.8 Å². The standard InChI is InChI=1S/C37H61N5O4.C9H11NO.C3H7N/c1-9-11-19-29(31(43)34(45)38-25-10-2)39-33(44)30-20-18-26-41(30)28(3)32(36(7)21-14-12-15-22-36)40-37(23-16-13-17-24-37)27-42(8,46)35(4,5)6;1-8(11)10-7-9-5-3-2-4-6-9;1-3(2)4/h1,10,29-30,32,40H,2-3,11-27H2,4-8H3,(H,38,45)(H,39,44);2-6,10-11H,1,7H2;1,4H2,2H3. The van der Waals surface area contributed by atoms with Crippen LogP contribution in [0.2, 0.25) is 0 Å². The molecule has 0 spiro atoms. The van der Waals surface area contributed by atoms with Gasteiger partial charge in [0.2, 0.25) is 11.7 Å². The van der Waals surface area contributed by atoms with E-state index in [1.807, 2.05) is 51.1 Å². The summed E-state index contributed by atoms with van der Waals surface area (Å²) in [5.41, 5.74) is 6.73. The SMILES string of the molecule is C#CCCC(NC(=O)C1CCCN1C(=C)C(NC1(C[N+](C)([O-])C(C)(C)C)CCCCC1)C1(C)CCCCC1)C(=O)C(=O)NCC=C.C=C(C)N.C=C(O)NCc1ccccc1. The number of hydroxylamine groups is 3. The Balaban J connectivity index is 0.000000718.